The van der Waals surface area contributed by atoms with Crippen LogP contribution in [-0.2, 0) is 0 Å². The fourth-order valence-electron chi connectivity index (χ4n) is 1.26. The van der Waals surface area contributed by atoms with Crippen molar-refractivity contribution in [3.8, 4) is 11.1 Å². The zero-order valence-electron chi connectivity index (χ0n) is 8.48. The molecule has 0 aliphatic heterocycles. The van der Waals surface area contributed by atoms with Crippen molar-refractivity contribution in [3.63, 3.8) is 0 Å². The predicted molar refractivity (Wildman–Crippen MR) is 60.7 cm³/mol. The van der Waals surface area contributed by atoms with Gasteiger partial charge in [-0.15, -0.1) is 10.1 Å². The molecule has 0 heterocycles. The molecule has 0 unspecified atom stereocenters. The molecule has 0 amide bonds. The minimum atomic E-state index is -1.50. The Morgan fingerprint density at radius 1 is 0.812 bits per heavy atom. The highest BCUT2D eigenvalue weighted by atomic mass is 16.9. The average molecular weight is 217 g/mol. The summed E-state index contributed by atoms with van der Waals surface area (Å²) in [4.78, 5) is 8.36. The molecule has 0 bridgehead atoms. The lowest BCUT2D eigenvalue weighted by molar-refractivity contribution is -0.742. The summed E-state index contributed by atoms with van der Waals surface area (Å²) in [6, 6.07) is 20.8. The van der Waals surface area contributed by atoms with Crippen LogP contribution in [0.3, 0.4) is 0 Å². The first-order chi connectivity index (χ1) is 7.70. The highest BCUT2D eigenvalue weighted by molar-refractivity contribution is 5.62. The second kappa shape index (κ2) is 6.19. The molecule has 1 N–H and O–H groups in total. The van der Waals surface area contributed by atoms with Gasteiger partial charge in [-0.25, -0.2) is 0 Å². The normalized spacial score (nSPS) is 8.75. The zero-order chi connectivity index (χ0) is 11.8. The Kier molecular flexibility index (Phi) is 4.53. The molecule has 4 heteroatoms. The van der Waals surface area contributed by atoms with Gasteiger partial charge in [0.1, 0.15) is 0 Å². The molecular formula is C12H11NO3. The molecule has 0 fully saturated rings. The molecule has 4 nitrogen and oxygen atoms in total. The Labute approximate surface area is 92.9 Å². The van der Waals surface area contributed by atoms with Gasteiger partial charge in [-0.3, -0.25) is 0 Å². The van der Waals surface area contributed by atoms with Crippen LogP contribution in [-0.4, -0.2) is 10.3 Å². The van der Waals surface area contributed by atoms with Gasteiger partial charge < -0.3 is 5.21 Å². The standard InChI is InChI=1S/C12H10.HNO3/c1-3-7-11(8-4-1)12-9-5-2-6-10-12;2-1(3)4/h1-10H;(H,2,3,4). The largest absolute Gasteiger partial charge is 0.328 e. The summed E-state index contributed by atoms with van der Waals surface area (Å²) in [5.41, 5.74) is 2.55. The maximum atomic E-state index is 8.36. The van der Waals surface area contributed by atoms with Gasteiger partial charge in [0.25, 0.3) is 5.09 Å². The molecule has 2 aromatic rings. The van der Waals surface area contributed by atoms with E-state index in [0.29, 0.717) is 0 Å². The zero-order valence-corrected chi connectivity index (χ0v) is 8.48. The molecule has 0 saturated carbocycles. The van der Waals surface area contributed by atoms with Gasteiger partial charge >= 0.3 is 0 Å². The topological polar surface area (TPSA) is 63.4 Å². The lowest BCUT2D eigenvalue weighted by atomic mass is 10.1. The molecule has 0 atom stereocenters. The monoisotopic (exact) mass is 217 g/mol. The van der Waals surface area contributed by atoms with Gasteiger partial charge in [-0.1, -0.05) is 60.7 Å². The Bertz CT molecular complexity index is 387. The van der Waals surface area contributed by atoms with Crippen molar-refractivity contribution in [1.82, 2.24) is 0 Å². The maximum Gasteiger partial charge on any atom is 0.291 e. The Balaban J connectivity index is 0.000000280. The number of benzene rings is 2. The minimum absolute atomic E-state index is 1.28. The molecule has 0 radical (unpaired) electrons. The van der Waals surface area contributed by atoms with E-state index in [2.05, 4.69) is 48.5 Å². The third kappa shape index (κ3) is 4.23. The smallest absolute Gasteiger partial charge is 0.291 e. The summed E-state index contributed by atoms with van der Waals surface area (Å²) in [7, 11) is 0. The van der Waals surface area contributed by atoms with E-state index in [1.165, 1.54) is 11.1 Å². The van der Waals surface area contributed by atoms with Crippen LogP contribution in [0.4, 0.5) is 0 Å². The summed E-state index contributed by atoms with van der Waals surface area (Å²) in [6.45, 7) is 0. The molecule has 16 heavy (non-hydrogen) atoms. The number of rotatable bonds is 1. The van der Waals surface area contributed by atoms with E-state index >= 15 is 0 Å². The Morgan fingerprint density at radius 3 is 1.31 bits per heavy atom. The van der Waals surface area contributed by atoms with Gasteiger partial charge in [-0.2, -0.15) is 0 Å². The van der Waals surface area contributed by atoms with E-state index < -0.39 is 5.09 Å². The van der Waals surface area contributed by atoms with Gasteiger partial charge in [0.05, 0.1) is 0 Å². The summed E-state index contributed by atoms with van der Waals surface area (Å²) in [5, 5.41) is 13.6. The van der Waals surface area contributed by atoms with Crippen molar-refractivity contribution in [2.45, 2.75) is 0 Å². The third-order valence-electron chi connectivity index (χ3n) is 1.88. The van der Waals surface area contributed by atoms with Crippen molar-refractivity contribution in [1.29, 1.82) is 0 Å². The fourth-order valence-corrected chi connectivity index (χ4v) is 1.26. The number of hydrogen-bond donors (Lipinski definition) is 1. The molecule has 0 aliphatic rings. The Hall–Kier alpha value is -2.36. The van der Waals surface area contributed by atoms with Gasteiger partial charge in [-0.05, 0) is 11.1 Å². The summed E-state index contributed by atoms with van der Waals surface area (Å²) < 4.78 is 0. The van der Waals surface area contributed by atoms with Crippen molar-refractivity contribution in [2.24, 2.45) is 0 Å². The SMILES string of the molecule is O=[N+]([O-])O.c1ccc(-c2ccccc2)cc1. The van der Waals surface area contributed by atoms with Crippen LogP contribution in [0, 0.1) is 10.1 Å². The van der Waals surface area contributed by atoms with Crippen molar-refractivity contribution in [3.05, 3.63) is 70.8 Å². The first kappa shape index (κ1) is 11.7. The summed E-state index contributed by atoms with van der Waals surface area (Å²) >= 11 is 0. The molecule has 2 rings (SSSR count). The van der Waals surface area contributed by atoms with Crippen LogP contribution in [0.25, 0.3) is 11.1 Å². The van der Waals surface area contributed by atoms with Crippen LogP contribution in [0.2, 0.25) is 0 Å². The summed E-state index contributed by atoms with van der Waals surface area (Å²) in [5.74, 6) is 0. The van der Waals surface area contributed by atoms with Gasteiger partial charge in [0.2, 0.25) is 0 Å². The van der Waals surface area contributed by atoms with Crippen LogP contribution in [0.15, 0.2) is 60.7 Å². The predicted octanol–water partition coefficient (Wildman–Crippen LogP) is 3.01. The van der Waals surface area contributed by atoms with E-state index in [4.69, 9.17) is 15.3 Å². The van der Waals surface area contributed by atoms with Crippen molar-refractivity contribution in [2.75, 3.05) is 0 Å². The van der Waals surface area contributed by atoms with E-state index in [9.17, 15) is 0 Å². The van der Waals surface area contributed by atoms with Crippen molar-refractivity contribution >= 4 is 0 Å². The third-order valence-corrected chi connectivity index (χ3v) is 1.88. The summed E-state index contributed by atoms with van der Waals surface area (Å²) in [6.07, 6.45) is 0. The molecule has 0 aliphatic carbocycles. The molecule has 0 saturated heterocycles. The average Bonchev–Trinajstić information content (AvgIpc) is 2.31. The molecular weight excluding hydrogens is 206 g/mol. The first-order valence-corrected chi connectivity index (χ1v) is 4.64. The first-order valence-electron chi connectivity index (χ1n) is 4.64. The number of nitrogens with zero attached hydrogens (tertiary/aromatic N) is 1. The highest BCUT2D eigenvalue weighted by Crippen LogP contribution is 2.17. The molecule has 82 valence electrons. The quantitative estimate of drug-likeness (QED) is 0.589. The van der Waals surface area contributed by atoms with Gasteiger partial charge in [0.15, 0.2) is 0 Å². The fraction of sp³-hybridized carbons (Fsp3) is 0. The molecule has 0 aromatic heterocycles. The van der Waals surface area contributed by atoms with Gasteiger partial charge in [0, 0.05) is 0 Å². The van der Waals surface area contributed by atoms with Crippen LogP contribution in [0.1, 0.15) is 0 Å². The molecule has 0 spiro atoms. The van der Waals surface area contributed by atoms with E-state index in [1.54, 1.807) is 0 Å². The minimum Gasteiger partial charge on any atom is -0.328 e. The lowest BCUT2D eigenvalue weighted by Crippen LogP contribution is -1.81. The second-order valence-electron chi connectivity index (χ2n) is 2.97. The highest BCUT2D eigenvalue weighted by Gasteiger charge is 1.91. The van der Waals surface area contributed by atoms with E-state index in [0.717, 1.165) is 0 Å². The lowest BCUT2D eigenvalue weighted by Gasteiger charge is -1.98. The number of hydrogen-bond acceptors (Lipinski definition) is 2. The van der Waals surface area contributed by atoms with E-state index in [1.807, 2.05) is 12.1 Å². The van der Waals surface area contributed by atoms with Crippen LogP contribution in [0.5, 0.6) is 0 Å². The Morgan fingerprint density at radius 2 is 1.06 bits per heavy atom. The van der Waals surface area contributed by atoms with E-state index in [-0.39, 0.29) is 0 Å². The van der Waals surface area contributed by atoms with Crippen LogP contribution < -0.4 is 0 Å². The van der Waals surface area contributed by atoms with Crippen molar-refractivity contribution < 1.29 is 10.3 Å². The molecule has 2 aromatic carbocycles. The van der Waals surface area contributed by atoms with Crippen LogP contribution >= 0.6 is 0 Å². The second-order valence-corrected chi connectivity index (χ2v) is 2.97. The maximum absolute atomic E-state index is 8.36.